The van der Waals surface area contributed by atoms with E-state index in [4.69, 9.17) is 5.73 Å². The quantitative estimate of drug-likeness (QED) is 0.481. The van der Waals surface area contributed by atoms with Gasteiger partial charge in [0.15, 0.2) is 0 Å². The summed E-state index contributed by atoms with van der Waals surface area (Å²) in [6.07, 6.45) is 2.24. The topological polar surface area (TPSA) is 95.5 Å². The Hall–Kier alpha value is -0.820. The maximum atomic E-state index is 10.7. The van der Waals surface area contributed by atoms with E-state index in [0.717, 1.165) is 0 Å². The minimum atomic E-state index is -1.15. The van der Waals surface area contributed by atoms with Crippen LogP contribution in [0.4, 0.5) is 0 Å². The summed E-state index contributed by atoms with van der Waals surface area (Å²) in [6.45, 7) is 0. The normalized spacial score (nSPS) is 12.2. The molecule has 0 aromatic rings. The van der Waals surface area contributed by atoms with Gasteiger partial charge in [-0.2, -0.15) is 11.8 Å². The van der Waals surface area contributed by atoms with Crippen LogP contribution in [0.25, 0.3) is 0 Å². The molecule has 0 radical (unpaired) electrons. The summed E-state index contributed by atoms with van der Waals surface area (Å²) < 4.78 is 0. The van der Waals surface area contributed by atoms with Gasteiger partial charge in [-0.1, -0.05) is 0 Å². The monoisotopic (exact) mass is 194 g/mol. The highest BCUT2D eigenvalue weighted by atomic mass is 32.2. The zero-order chi connectivity index (χ0) is 9.56. The maximum absolute atomic E-state index is 10.7. The molecule has 0 bridgehead atoms. The van der Waals surface area contributed by atoms with Crippen molar-refractivity contribution in [3.63, 3.8) is 0 Å². The smallest absolute Gasteiger partial charge is 0.320 e. The zero-order valence-corrected chi connectivity index (χ0v) is 7.37. The number of carbonyl (C=O) groups is 1. The van der Waals surface area contributed by atoms with Gasteiger partial charge in [0.25, 0.3) is 0 Å². The Morgan fingerprint density at radius 2 is 2.42 bits per heavy atom. The molecule has 0 aromatic heterocycles. The second-order valence-corrected chi connectivity index (χ2v) is 3.01. The first kappa shape index (κ1) is 11.2. The molecule has 0 rings (SSSR count). The molecule has 0 unspecified atom stereocenters. The van der Waals surface area contributed by atoms with Crippen molar-refractivity contribution in [1.29, 1.82) is 0 Å². The third-order valence-electron chi connectivity index (χ3n) is 1.10. The molecule has 0 aliphatic carbocycles. The Balaban J connectivity index is 3.69. The van der Waals surface area contributed by atoms with Crippen LogP contribution in [-0.4, -0.2) is 29.1 Å². The first-order valence-corrected chi connectivity index (χ1v) is 4.58. The number of rotatable bonds is 5. The van der Waals surface area contributed by atoms with Crippen molar-refractivity contribution in [2.45, 2.75) is 12.5 Å². The van der Waals surface area contributed by atoms with Crippen LogP contribution in [0, 0.1) is 10.1 Å². The van der Waals surface area contributed by atoms with Crippen LogP contribution in [-0.2, 0) is 9.63 Å². The van der Waals surface area contributed by atoms with Gasteiger partial charge in [-0.25, -0.2) is 4.84 Å². The molecule has 0 aliphatic rings. The van der Waals surface area contributed by atoms with E-state index < -0.39 is 17.1 Å². The number of hydrogen-bond acceptors (Lipinski definition) is 6. The molecular weight excluding hydrogens is 184 g/mol. The van der Waals surface area contributed by atoms with Crippen LogP contribution < -0.4 is 5.73 Å². The van der Waals surface area contributed by atoms with Gasteiger partial charge < -0.3 is 5.73 Å². The van der Waals surface area contributed by atoms with Crippen LogP contribution in [0.1, 0.15) is 6.42 Å². The molecule has 0 aliphatic heterocycles. The minimum absolute atomic E-state index is 0.383. The fourth-order valence-electron chi connectivity index (χ4n) is 0.504. The Labute approximate surface area is 73.5 Å². The standard InChI is InChI=1S/C5H10N2O4S/c1-12-3-2-4(6)5(8)11-7(9)10/h4H,2-3,6H2,1H3/t4-/m0/s1. The molecule has 2 N–H and O–H groups in total. The minimum Gasteiger partial charge on any atom is -0.320 e. The van der Waals surface area contributed by atoms with E-state index in [1.807, 2.05) is 6.26 Å². The largest absolute Gasteiger partial charge is 0.320 e. The fraction of sp³-hybridized carbons (Fsp3) is 0.800. The highest BCUT2D eigenvalue weighted by Crippen LogP contribution is 1.99. The highest BCUT2D eigenvalue weighted by Gasteiger charge is 2.16. The van der Waals surface area contributed by atoms with E-state index in [0.29, 0.717) is 12.2 Å². The first-order chi connectivity index (χ1) is 5.57. The summed E-state index contributed by atoms with van der Waals surface area (Å²) in [5.41, 5.74) is 5.26. The first-order valence-electron chi connectivity index (χ1n) is 3.18. The Morgan fingerprint density at radius 3 is 2.83 bits per heavy atom. The number of thioether (sulfide) groups is 1. The van der Waals surface area contributed by atoms with Gasteiger partial charge in [-0.15, -0.1) is 10.1 Å². The maximum Gasteiger partial charge on any atom is 0.320 e. The van der Waals surface area contributed by atoms with Crippen molar-refractivity contribution in [3.05, 3.63) is 10.1 Å². The van der Waals surface area contributed by atoms with Crippen LogP contribution in [0.15, 0.2) is 0 Å². The molecule has 1 atom stereocenters. The Kier molecular flexibility index (Phi) is 5.39. The molecular formula is C5H10N2O4S. The van der Waals surface area contributed by atoms with Crippen LogP contribution in [0.2, 0.25) is 0 Å². The van der Waals surface area contributed by atoms with Crippen molar-refractivity contribution in [2.24, 2.45) is 5.73 Å². The van der Waals surface area contributed by atoms with Gasteiger partial charge in [-0.05, 0) is 18.4 Å². The van der Waals surface area contributed by atoms with E-state index >= 15 is 0 Å². The van der Waals surface area contributed by atoms with Crippen molar-refractivity contribution >= 4 is 17.7 Å². The predicted molar refractivity (Wildman–Crippen MR) is 44.1 cm³/mol. The van der Waals surface area contributed by atoms with Gasteiger partial charge >= 0.3 is 11.1 Å². The van der Waals surface area contributed by atoms with E-state index in [2.05, 4.69) is 4.84 Å². The van der Waals surface area contributed by atoms with Gasteiger partial charge in [-0.3, -0.25) is 4.79 Å². The van der Waals surface area contributed by atoms with E-state index in [1.165, 1.54) is 11.8 Å². The summed E-state index contributed by atoms with van der Waals surface area (Å²) in [4.78, 5) is 24.0. The van der Waals surface area contributed by atoms with Crippen molar-refractivity contribution < 1.29 is 14.7 Å². The molecule has 0 aromatic carbocycles. The lowest BCUT2D eigenvalue weighted by atomic mass is 10.2. The Bertz CT molecular complexity index is 175. The second-order valence-electron chi connectivity index (χ2n) is 2.02. The van der Waals surface area contributed by atoms with E-state index in [9.17, 15) is 14.9 Å². The lowest BCUT2D eigenvalue weighted by molar-refractivity contribution is -0.729. The van der Waals surface area contributed by atoms with E-state index in [1.54, 1.807) is 0 Å². The van der Waals surface area contributed by atoms with Crippen molar-refractivity contribution in [2.75, 3.05) is 12.0 Å². The second kappa shape index (κ2) is 5.78. The highest BCUT2D eigenvalue weighted by molar-refractivity contribution is 7.98. The van der Waals surface area contributed by atoms with Crippen LogP contribution in [0.5, 0.6) is 0 Å². The zero-order valence-electron chi connectivity index (χ0n) is 6.56. The average molecular weight is 194 g/mol. The van der Waals surface area contributed by atoms with Gasteiger partial charge in [0.05, 0.1) is 6.04 Å². The lowest BCUT2D eigenvalue weighted by Crippen LogP contribution is -2.34. The van der Waals surface area contributed by atoms with Gasteiger partial charge in [0.2, 0.25) is 0 Å². The molecule has 0 fully saturated rings. The summed E-state index contributed by atoms with van der Waals surface area (Å²) in [5.74, 6) is -0.317. The molecule has 0 amide bonds. The average Bonchev–Trinajstić information content (AvgIpc) is 1.98. The summed E-state index contributed by atoms with van der Waals surface area (Å²) >= 11 is 1.51. The molecule has 12 heavy (non-hydrogen) atoms. The summed E-state index contributed by atoms with van der Waals surface area (Å²) in [7, 11) is 0. The molecule has 0 saturated heterocycles. The SMILES string of the molecule is CSCC[C@H](N)C(=O)O[N+](=O)[O-]. The van der Waals surface area contributed by atoms with Crippen molar-refractivity contribution in [3.8, 4) is 0 Å². The van der Waals surface area contributed by atoms with Crippen LogP contribution in [0.3, 0.4) is 0 Å². The Morgan fingerprint density at radius 1 is 1.83 bits per heavy atom. The number of nitrogens with two attached hydrogens (primary N) is 1. The molecule has 7 heteroatoms. The van der Waals surface area contributed by atoms with Gasteiger partial charge in [0.1, 0.15) is 0 Å². The molecule has 0 spiro atoms. The lowest BCUT2D eigenvalue weighted by Gasteiger charge is -2.05. The fourth-order valence-corrected chi connectivity index (χ4v) is 0.993. The molecule has 0 heterocycles. The number of hydrogen-bond donors (Lipinski definition) is 1. The van der Waals surface area contributed by atoms with Crippen molar-refractivity contribution in [1.82, 2.24) is 0 Å². The molecule has 6 nitrogen and oxygen atoms in total. The molecule has 70 valence electrons. The summed E-state index contributed by atoms with van der Waals surface area (Å²) in [5, 5.41) is 8.54. The van der Waals surface area contributed by atoms with Gasteiger partial charge in [0, 0.05) is 0 Å². The van der Waals surface area contributed by atoms with E-state index in [-0.39, 0.29) is 0 Å². The number of nitrogens with zero attached hydrogens (tertiary/aromatic N) is 1. The van der Waals surface area contributed by atoms with Crippen LogP contribution >= 0.6 is 11.8 Å². The third kappa shape index (κ3) is 4.91. The third-order valence-corrected chi connectivity index (χ3v) is 1.74. The molecule has 0 saturated carbocycles. The summed E-state index contributed by atoms with van der Waals surface area (Å²) in [6, 6.07) is -0.900. The number of carbonyl (C=O) groups excluding carboxylic acids is 1. The predicted octanol–water partition coefficient (Wildman–Crippen LogP) is -0.198.